The van der Waals surface area contributed by atoms with E-state index in [-0.39, 0.29) is 53.5 Å². The SMILES string of the molecule is CC(C)(C)c1ccc([I+]c2ccc(C(C)(C)C)cc2)cc1.Cc1ccc(S(=O)(=O)Oc2ccc(S(=O)(=O)[O-])c3ccccc23)cc1. The maximum Gasteiger partial charge on any atom is 0.357 e. The molecule has 0 aliphatic heterocycles. The van der Waals surface area contributed by atoms with E-state index in [0.29, 0.717) is 0 Å². The van der Waals surface area contributed by atoms with Crippen LogP contribution in [0.25, 0.3) is 10.8 Å². The van der Waals surface area contributed by atoms with Gasteiger partial charge in [-0.05, 0) is 77.4 Å². The normalized spacial score (nSPS) is 12.3. The van der Waals surface area contributed by atoms with E-state index < -0.39 is 25.1 Å². The molecule has 9 heteroatoms. The van der Waals surface area contributed by atoms with Crippen LogP contribution in [0.1, 0.15) is 58.2 Å². The third kappa shape index (κ3) is 9.18. The van der Waals surface area contributed by atoms with Gasteiger partial charge in [-0.25, -0.2) is 8.42 Å². The Labute approximate surface area is 284 Å². The predicted octanol–water partition coefficient (Wildman–Crippen LogP) is 5.23. The van der Waals surface area contributed by atoms with Gasteiger partial charge in [0.05, 0.1) is 4.90 Å². The summed E-state index contributed by atoms with van der Waals surface area (Å²) in [6.45, 7) is 15.4. The van der Waals surface area contributed by atoms with E-state index in [1.54, 1.807) is 24.3 Å². The molecule has 0 saturated carbocycles. The topological polar surface area (TPSA) is 101 Å². The van der Waals surface area contributed by atoms with Crippen molar-refractivity contribution >= 4 is 31.0 Å². The van der Waals surface area contributed by atoms with Crippen LogP contribution in [0, 0.1) is 14.1 Å². The van der Waals surface area contributed by atoms with Crippen molar-refractivity contribution in [2.45, 2.75) is 69.1 Å². The second-order valence-electron chi connectivity index (χ2n) is 13.0. The molecule has 0 aliphatic carbocycles. The van der Waals surface area contributed by atoms with Crippen LogP contribution < -0.4 is 25.4 Å². The minimum absolute atomic E-state index is 0.0253. The molecule has 0 atom stereocenters. The summed E-state index contributed by atoms with van der Waals surface area (Å²) in [5.74, 6) is -0.0522. The minimum atomic E-state index is -4.70. The molecule has 0 aromatic heterocycles. The van der Waals surface area contributed by atoms with Gasteiger partial charge < -0.3 is 8.74 Å². The molecular formula is C37H39IO6S2. The fourth-order valence-corrected chi connectivity index (χ4v) is 8.34. The Bertz CT molecular complexity index is 1970. The van der Waals surface area contributed by atoms with Crippen LogP contribution in [0.3, 0.4) is 0 Å². The first-order chi connectivity index (χ1) is 21.3. The highest BCUT2D eigenvalue weighted by molar-refractivity contribution is 7.87. The maximum absolute atomic E-state index is 12.4. The van der Waals surface area contributed by atoms with E-state index in [1.165, 1.54) is 48.6 Å². The van der Waals surface area contributed by atoms with Crippen LogP contribution in [-0.2, 0) is 31.1 Å². The van der Waals surface area contributed by atoms with Crippen molar-refractivity contribution in [1.29, 1.82) is 0 Å². The molecule has 0 N–H and O–H groups in total. The third-order valence-electron chi connectivity index (χ3n) is 7.26. The number of aryl methyl sites for hydroxylation is 1. The highest BCUT2D eigenvalue weighted by Gasteiger charge is 2.21. The fraction of sp³-hybridized carbons (Fsp3) is 0.243. The van der Waals surface area contributed by atoms with E-state index in [2.05, 4.69) is 90.1 Å². The highest BCUT2D eigenvalue weighted by atomic mass is 127. The Kier molecular flexibility index (Phi) is 10.7. The standard InChI is InChI=1S/C20H26I.C17H14O6S2/c1-19(2,3)15-7-11-17(12-8-15)21-18-13-9-16(10-14-18)20(4,5)6;1-12-6-8-13(9-7-12)25(21,22)23-16-10-11-17(24(18,19)20)15-5-3-2-4-14(15)16/h7-14H,1-6H3;2-11H,1H3,(H,18,19,20)/q+1;/p-1. The predicted molar refractivity (Wildman–Crippen MR) is 179 cm³/mol. The smallest absolute Gasteiger partial charge is 0.357 e. The minimum Gasteiger partial charge on any atom is -0.744 e. The molecular weight excluding hydrogens is 731 g/mol. The van der Waals surface area contributed by atoms with Crippen LogP contribution in [0.5, 0.6) is 5.75 Å². The van der Waals surface area contributed by atoms with Gasteiger partial charge in [-0.3, -0.25) is 0 Å². The zero-order valence-electron chi connectivity index (χ0n) is 27.0. The molecule has 6 nitrogen and oxygen atoms in total. The van der Waals surface area contributed by atoms with E-state index in [1.807, 2.05) is 6.92 Å². The average molecular weight is 771 g/mol. The van der Waals surface area contributed by atoms with Crippen LogP contribution in [0.15, 0.2) is 119 Å². The van der Waals surface area contributed by atoms with E-state index in [4.69, 9.17) is 4.18 Å². The van der Waals surface area contributed by atoms with Gasteiger partial charge in [-0.15, -0.1) is 0 Å². The monoisotopic (exact) mass is 770 g/mol. The number of rotatable bonds is 6. The summed E-state index contributed by atoms with van der Waals surface area (Å²) in [6, 6.07) is 32.8. The van der Waals surface area contributed by atoms with Crippen molar-refractivity contribution < 1.29 is 46.8 Å². The molecule has 46 heavy (non-hydrogen) atoms. The Morgan fingerprint density at radius 3 is 1.48 bits per heavy atom. The number of halogens is 1. The molecule has 0 aliphatic rings. The lowest BCUT2D eigenvalue weighted by molar-refractivity contribution is -0.597. The zero-order chi connectivity index (χ0) is 33.9. The quantitative estimate of drug-likeness (QED) is 0.133. The second kappa shape index (κ2) is 13.9. The van der Waals surface area contributed by atoms with Gasteiger partial charge in [-0.1, -0.05) is 108 Å². The summed E-state index contributed by atoms with van der Waals surface area (Å²) in [4.78, 5) is -0.453. The van der Waals surface area contributed by atoms with Crippen molar-refractivity contribution in [3.63, 3.8) is 0 Å². The van der Waals surface area contributed by atoms with Crippen LogP contribution >= 0.6 is 0 Å². The molecule has 0 fully saturated rings. The molecule has 242 valence electrons. The van der Waals surface area contributed by atoms with Crippen molar-refractivity contribution in [3.8, 4) is 5.75 Å². The van der Waals surface area contributed by atoms with Gasteiger partial charge in [0.1, 0.15) is 15.0 Å². The van der Waals surface area contributed by atoms with Crippen molar-refractivity contribution in [3.05, 3.63) is 133 Å². The Hall–Kier alpha value is -3.25. The molecule has 0 unspecified atom stereocenters. The molecule has 5 aromatic carbocycles. The zero-order valence-corrected chi connectivity index (χ0v) is 30.8. The highest BCUT2D eigenvalue weighted by Crippen LogP contribution is 2.33. The first-order valence-electron chi connectivity index (χ1n) is 14.7. The van der Waals surface area contributed by atoms with Crippen molar-refractivity contribution in [1.82, 2.24) is 0 Å². The largest absolute Gasteiger partial charge is 0.744 e. The first-order valence-corrected chi connectivity index (χ1v) is 19.7. The molecule has 0 spiro atoms. The summed E-state index contributed by atoms with van der Waals surface area (Å²) in [5.41, 5.74) is 4.21. The van der Waals surface area contributed by atoms with Crippen LogP contribution in [0.4, 0.5) is 0 Å². The summed E-state index contributed by atoms with van der Waals surface area (Å²) in [6.07, 6.45) is 0. The second-order valence-corrected chi connectivity index (χ2v) is 18.9. The van der Waals surface area contributed by atoms with Crippen LogP contribution in [-0.4, -0.2) is 21.4 Å². The molecule has 0 radical (unpaired) electrons. The third-order valence-corrected chi connectivity index (χ3v) is 12.1. The van der Waals surface area contributed by atoms with Crippen molar-refractivity contribution in [2.75, 3.05) is 0 Å². The van der Waals surface area contributed by atoms with Gasteiger partial charge >= 0.3 is 31.3 Å². The Balaban J connectivity index is 0.000000212. The molecule has 0 bridgehead atoms. The van der Waals surface area contributed by atoms with Gasteiger partial charge in [0.2, 0.25) is 0 Å². The van der Waals surface area contributed by atoms with Gasteiger partial charge in [-0.2, -0.15) is 8.42 Å². The summed E-state index contributed by atoms with van der Waals surface area (Å²) in [5, 5.41) is 0.323. The van der Waals surface area contributed by atoms with Crippen LogP contribution in [0.2, 0.25) is 0 Å². The lowest BCUT2D eigenvalue weighted by atomic mass is 9.87. The molecule has 0 heterocycles. The lowest BCUT2D eigenvalue weighted by Gasteiger charge is -2.18. The van der Waals surface area contributed by atoms with Gasteiger partial charge in [0, 0.05) is 10.8 Å². The van der Waals surface area contributed by atoms with E-state index >= 15 is 0 Å². The number of hydrogen-bond donors (Lipinski definition) is 0. The van der Waals surface area contributed by atoms with Gasteiger partial charge in [0.15, 0.2) is 12.9 Å². The summed E-state index contributed by atoms with van der Waals surface area (Å²) in [7, 11) is -8.80. The fourth-order valence-electron chi connectivity index (χ4n) is 4.56. The molecule has 0 saturated heterocycles. The number of fused-ring (bicyclic) bond motifs is 1. The van der Waals surface area contributed by atoms with E-state index in [0.717, 1.165) is 11.6 Å². The Morgan fingerprint density at radius 1 is 0.587 bits per heavy atom. The first kappa shape index (κ1) is 35.6. The molecule has 5 aromatic rings. The van der Waals surface area contributed by atoms with E-state index in [9.17, 15) is 21.4 Å². The summed E-state index contributed by atoms with van der Waals surface area (Å²) >= 11 is -0.0703. The number of hydrogen-bond acceptors (Lipinski definition) is 6. The average Bonchev–Trinajstić information content (AvgIpc) is 2.97. The maximum atomic E-state index is 12.4. The molecule has 0 amide bonds. The molecule has 5 rings (SSSR count). The van der Waals surface area contributed by atoms with Gasteiger partial charge in [0.25, 0.3) is 0 Å². The Morgan fingerprint density at radius 2 is 1.04 bits per heavy atom. The number of benzene rings is 5. The lowest BCUT2D eigenvalue weighted by Crippen LogP contribution is -3.61. The summed E-state index contributed by atoms with van der Waals surface area (Å²) < 4.78 is 67.2. The van der Waals surface area contributed by atoms with Crippen molar-refractivity contribution in [2.24, 2.45) is 0 Å².